The van der Waals surface area contributed by atoms with E-state index in [1.165, 1.54) is 6.07 Å². The van der Waals surface area contributed by atoms with Gasteiger partial charge < -0.3 is 14.6 Å². The molecule has 0 bridgehead atoms. The van der Waals surface area contributed by atoms with E-state index >= 15 is 0 Å². The number of nitrogens with one attached hydrogen (secondary N) is 1. The van der Waals surface area contributed by atoms with E-state index in [0.29, 0.717) is 16.7 Å². The Morgan fingerprint density at radius 2 is 2.19 bits per heavy atom. The van der Waals surface area contributed by atoms with Gasteiger partial charge in [-0.3, -0.25) is 4.98 Å². The van der Waals surface area contributed by atoms with Gasteiger partial charge in [0.2, 0.25) is 0 Å². The fourth-order valence-corrected chi connectivity index (χ4v) is 1.62. The highest BCUT2D eigenvalue weighted by molar-refractivity contribution is 6.18. The number of aromatic amines is 1. The number of aliphatic hydroxyl groups excluding tert-OH is 2. The Morgan fingerprint density at radius 3 is 2.88 bits per heavy atom. The standard InChI is InChI=1S/C10H10ClNO4/c11-4-7(13)9(14)5-1-2-6-8(3-5)16-10(15)12-6/h1-3,7,9,13-14H,4H2,(H,12,15). The molecular formula is C10H10ClNO4. The number of rotatable bonds is 3. The number of hydrogen-bond acceptors (Lipinski definition) is 4. The molecule has 16 heavy (non-hydrogen) atoms. The zero-order valence-corrected chi connectivity index (χ0v) is 8.94. The van der Waals surface area contributed by atoms with Gasteiger partial charge in [-0.05, 0) is 17.7 Å². The van der Waals surface area contributed by atoms with Crippen LogP contribution in [0.4, 0.5) is 0 Å². The highest BCUT2D eigenvalue weighted by Gasteiger charge is 2.18. The first-order valence-electron chi connectivity index (χ1n) is 4.66. The van der Waals surface area contributed by atoms with Crippen molar-refractivity contribution in [2.24, 2.45) is 0 Å². The van der Waals surface area contributed by atoms with Crippen LogP contribution in [0, 0.1) is 0 Å². The molecule has 5 nitrogen and oxygen atoms in total. The first-order chi connectivity index (χ1) is 7.61. The molecule has 0 fully saturated rings. The van der Waals surface area contributed by atoms with E-state index in [-0.39, 0.29) is 5.88 Å². The number of aromatic nitrogens is 1. The lowest BCUT2D eigenvalue weighted by Gasteiger charge is -2.15. The van der Waals surface area contributed by atoms with E-state index in [9.17, 15) is 15.0 Å². The van der Waals surface area contributed by atoms with Crippen LogP contribution in [0.3, 0.4) is 0 Å². The number of H-pyrrole nitrogens is 1. The van der Waals surface area contributed by atoms with Gasteiger partial charge in [0, 0.05) is 0 Å². The average Bonchev–Trinajstić information content (AvgIpc) is 2.65. The fourth-order valence-electron chi connectivity index (χ4n) is 1.45. The summed E-state index contributed by atoms with van der Waals surface area (Å²) in [5.74, 6) is -0.629. The molecule has 1 aromatic heterocycles. The topological polar surface area (TPSA) is 86.5 Å². The minimum Gasteiger partial charge on any atom is -0.408 e. The van der Waals surface area contributed by atoms with Gasteiger partial charge in [0.15, 0.2) is 5.58 Å². The first-order valence-corrected chi connectivity index (χ1v) is 5.20. The van der Waals surface area contributed by atoms with Crippen LogP contribution in [-0.4, -0.2) is 27.2 Å². The number of benzene rings is 1. The van der Waals surface area contributed by atoms with Crippen molar-refractivity contribution in [2.45, 2.75) is 12.2 Å². The lowest BCUT2D eigenvalue weighted by atomic mass is 10.1. The predicted octanol–water partition coefficient (Wildman–Crippen LogP) is 0.754. The van der Waals surface area contributed by atoms with Crippen LogP contribution in [-0.2, 0) is 0 Å². The quantitative estimate of drug-likeness (QED) is 0.695. The van der Waals surface area contributed by atoms with Crippen LogP contribution in [0.2, 0.25) is 0 Å². The van der Waals surface area contributed by atoms with Crippen molar-refractivity contribution in [2.75, 3.05) is 5.88 Å². The van der Waals surface area contributed by atoms with Gasteiger partial charge in [0.25, 0.3) is 0 Å². The largest absolute Gasteiger partial charge is 0.417 e. The monoisotopic (exact) mass is 243 g/mol. The van der Waals surface area contributed by atoms with Crippen LogP contribution in [0.15, 0.2) is 27.4 Å². The molecule has 0 aliphatic heterocycles. The molecule has 0 spiro atoms. The van der Waals surface area contributed by atoms with Gasteiger partial charge in [-0.25, -0.2) is 4.79 Å². The number of oxazole rings is 1. The lowest BCUT2D eigenvalue weighted by Crippen LogP contribution is -2.19. The van der Waals surface area contributed by atoms with Gasteiger partial charge in [0.05, 0.1) is 17.5 Å². The van der Waals surface area contributed by atoms with Crippen molar-refractivity contribution in [3.05, 3.63) is 34.3 Å². The second kappa shape index (κ2) is 4.29. The van der Waals surface area contributed by atoms with E-state index < -0.39 is 18.0 Å². The molecule has 0 aliphatic carbocycles. The Balaban J connectivity index is 2.42. The summed E-state index contributed by atoms with van der Waals surface area (Å²) >= 11 is 5.43. The summed E-state index contributed by atoms with van der Waals surface area (Å²) in [5.41, 5.74) is 1.33. The summed E-state index contributed by atoms with van der Waals surface area (Å²) in [5, 5.41) is 19.1. The minimum absolute atomic E-state index is 0.0731. The Labute approximate surface area is 95.3 Å². The fraction of sp³-hybridized carbons (Fsp3) is 0.300. The summed E-state index contributed by atoms with van der Waals surface area (Å²) in [7, 11) is 0. The Bertz CT molecular complexity index is 547. The zero-order chi connectivity index (χ0) is 11.7. The number of hydrogen-bond donors (Lipinski definition) is 3. The molecule has 2 unspecified atom stereocenters. The van der Waals surface area contributed by atoms with E-state index in [4.69, 9.17) is 16.0 Å². The van der Waals surface area contributed by atoms with Gasteiger partial charge >= 0.3 is 5.76 Å². The molecule has 0 saturated carbocycles. The molecule has 86 valence electrons. The highest BCUT2D eigenvalue weighted by Crippen LogP contribution is 2.21. The van der Waals surface area contributed by atoms with Gasteiger partial charge in [-0.15, -0.1) is 11.6 Å². The molecule has 0 radical (unpaired) electrons. The third kappa shape index (κ3) is 1.97. The summed E-state index contributed by atoms with van der Waals surface area (Å²) in [6.45, 7) is 0. The zero-order valence-electron chi connectivity index (χ0n) is 8.18. The van der Waals surface area contributed by atoms with E-state index in [1.54, 1.807) is 12.1 Å². The molecule has 0 amide bonds. The van der Waals surface area contributed by atoms with E-state index in [0.717, 1.165) is 0 Å². The first kappa shape index (κ1) is 11.2. The number of halogens is 1. The van der Waals surface area contributed by atoms with Crippen LogP contribution >= 0.6 is 11.6 Å². The Morgan fingerprint density at radius 1 is 1.44 bits per heavy atom. The third-order valence-corrected chi connectivity index (χ3v) is 2.63. The molecular weight excluding hydrogens is 234 g/mol. The van der Waals surface area contributed by atoms with Crippen molar-refractivity contribution in [1.82, 2.24) is 4.98 Å². The molecule has 0 aliphatic rings. The van der Waals surface area contributed by atoms with Gasteiger partial charge in [0.1, 0.15) is 6.10 Å². The van der Waals surface area contributed by atoms with E-state index in [2.05, 4.69) is 4.98 Å². The summed E-state index contributed by atoms with van der Waals surface area (Å²) in [6.07, 6.45) is -2.15. The molecule has 2 aromatic rings. The van der Waals surface area contributed by atoms with Gasteiger partial charge in [-0.1, -0.05) is 6.07 Å². The van der Waals surface area contributed by atoms with Crippen molar-refractivity contribution in [1.29, 1.82) is 0 Å². The molecule has 6 heteroatoms. The minimum atomic E-state index is -1.10. The lowest BCUT2D eigenvalue weighted by molar-refractivity contribution is 0.0327. The van der Waals surface area contributed by atoms with Crippen LogP contribution < -0.4 is 5.76 Å². The highest BCUT2D eigenvalue weighted by atomic mass is 35.5. The molecule has 2 atom stereocenters. The maximum atomic E-state index is 10.9. The second-order valence-corrected chi connectivity index (χ2v) is 3.75. The maximum absolute atomic E-state index is 10.9. The average molecular weight is 244 g/mol. The van der Waals surface area contributed by atoms with Crippen molar-refractivity contribution in [3.63, 3.8) is 0 Å². The predicted molar refractivity (Wildman–Crippen MR) is 58.5 cm³/mol. The number of fused-ring (bicyclic) bond motifs is 1. The second-order valence-electron chi connectivity index (χ2n) is 3.44. The number of aliphatic hydroxyl groups is 2. The number of alkyl halides is 1. The van der Waals surface area contributed by atoms with Crippen LogP contribution in [0.1, 0.15) is 11.7 Å². The van der Waals surface area contributed by atoms with Crippen molar-refractivity contribution >= 4 is 22.7 Å². The summed E-state index contributed by atoms with van der Waals surface area (Å²) in [4.78, 5) is 13.4. The molecule has 2 rings (SSSR count). The Kier molecular flexibility index (Phi) is 3.00. The van der Waals surface area contributed by atoms with Crippen LogP contribution in [0.5, 0.6) is 0 Å². The van der Waals surface area contributed by atoms with Gasteiger partial charge in [-0.2, -0.15) is 0 Å². The van der Waals surface area contributed by atoms with Crippen molar-refractivity contribution < 1.29 is 14.6 Å². The normalized spacial score (nSPS) is 15.2. The Hall–Kier alpha value is -1.30. The third-order valence-electron chi connectivity index (χ3n) is 2.31. The molecule has 1 aromatic carbocycles. The van der Waals surface area contributed by atoms with Crippen molar-refractivity contribution in [3.8, 4) is 0 Å². The SMILES string of the molecule is O=c1[nH]c2ccc(C(O)C(O)CCl)cc2o1. The van der Waals surface area contributed by atoms with Crippen LogP contribution in [0.25, 0.3) is 11.1 Å². The summed E-state index contributed by atoms with van der Waals surface area (Å²) < 4.78 is 4.84. The molecule has 1 heterocycles. The molecule has 0 saturated heterocycles. The van der Waals surface area contributed by atoms with E-state index in [1.807, 2.05) is 0 Å². The smallest absolute Gasteiger partial charge is 0.408 e. The summed E-state index contributed by atoms with van der Waals surface area (Å²) in [6, 6.07) is 4.68. The maximum Gasteiger partial charge on any atom is 0.417 e. The molecule has 3 N–H and O–H groups in total.